The number of morpholine rings is 1. The first-order valence-corrected chi connectivity index (χ1v) is 16.5. The van der Waals surface area contributed by atoms with Gasteiger partial charge in [0.15, 0.2) is 0 Å². The first kappa shape index (κ1) is 29.3. The Labute approximate surface area is 233 Å². The van der Waals surface area contributed by atoms with E-state index < -0.39 is 10.2 Å². The Morgan fingerprint density at radius 2 is 1.73 bits per heavy atom. The van der Waals surface area contributed by atoms with Gasteiger partial charge in [-0.25, -0.2) is 0 Å². The number of benzene rings is 1. The summed E-state index contributed by atoms with van der Waals surface area (Å²) in [6.45, 7) is 9.62. The van der Waals surface area contributed by atoms with E-state index in [-0.39, 0.29) is 12.1 Å². The topological polar surface area (TPSA) is 71.1 Å². The van der Waals surface area contributed by atoms with E-state index in [2.05, 4.69) is 51.5 Å². The Bertz CT molecular complexity index is 939. The molecule has 3 aliphatic rings. The molecule has 1 aromatic carbocycles. The van der Waals surface area contributed by atoms with Crippen LogP contribution in [-0.4, -0.2) is 75.7 Å². The zero-order valence-corrected chi connectivity index (χ0v) is 25.1. The third kappa shape index (κ3) is 9.17. The summed E-state index contributed by atoms with van der Waals surface area (Å²) in [5.74, 6) is 2.44. The number of nitrogens with zero attached hydrogens (tertiary/aromatic N) is 2. The molecule has 37 heavy (non-hydrogen) atoms. The Hall–Kier alpha value is -0.710. The highest BCUT2D eigenvalue weighted by Crippen LogP contribution is 2.31. The van der Waals surface area contributed by atoms with Gasteiger partial charge in [0.25, 0.3) is 10.2 Å². The van der Waals surface area contributed by atoms with E-state index in [1.165, 1.54) is 59.7 Å². The van der Waals surface area contributed by atoms with Crippen molar-refractivity contribution >= 4 is 26.1 Å². The van der Waals surface area contributed by atoms with Crippen LogP contribution in [0, 0.1) is 11.8 Å². The maximum atomic E-state index is 12.6. The molecule has 0 amide bonds. The largest absolute Gasteiger partial charge is 0.491 e. The molecule has 1 aromatic rings. The Morgan fingerprint density at radius 1 is 1.03 bits per heavy atom. The fraction of sp³-hybridized carbons (Fsp3) is 0.786. The van der Waals surface area contributed by atoms with Gasteiger partial charge in [0.2, 0.25) is 0 Å². The lowest BCUT2D eigenvalue weighted by Gasteiger charge is -2.34. The van der Waals surface area contributed by atoms with Gasteiger partial charge in [-0.15, -0.1) is 0 Å². The molecule has 0 atom stereocenters. The first-order valence-electron chi connectivity index (χ1n) is 14.3. The number of ether oxygens (including phenoxy) is 2. The van der Waals surface area contributed by atoms with Crippen LogP contribution in [0.25, 0.3) is 0 Å². The van der Waals surface area contributed by atoms with Gasteiger partial charge in [-0.05, 0) is 127 Å². The van der Waals surface area contributed by atoms with Crippen molar-refractivity contribution in [2.75, 3.05) is 45.9 Å². The van der Waals surface area contributed by atoms with Crippen molar-refractivity contribution in [2.24, 2.45) is 11.8 Å². The van der Waals surface area contributed by atoms with Gasteiger partial charge in [-0.1, -0.05) is 15.9 Å². The van der Waals surface area contributed by atoms with Crippen molar-refractivity contribution in [3.8, 4) is 5.75 Å². The van der Waals surface area contributed by atoms with Gasteiger partial charge in [-0.3, -0.25) is 0 Å². The molecule has 9 heteroatoms. The van der Waals surface area contributed by atoms with Crippen LogP contribution in [0.3, 0.4) is 0 Å². The van der Waals surface area contributed by atoms with Gasteiger partial charge in [0.05, 0.1) is 19.3 Å². The van der Waals surface area contributed by atoms with Crippen LogP contribution in [-0.2, 0) is 21.4 Å². The molecule has 1 aliphatic carbocycles. The van der Waals surface area contributed by atoms with Crippen molar-refractivity contribution < 1.29 is 17.9 Å². The SMILES string of the molecule is CC(C)Oc1ccc(Br)c(CC2CCN(CCC[C@H]3CC[C@H](NS(=O)(=O)N4CCOCC4)CC3)CC2)c1. The summed E-state index contributed by atoms with van der Waals surface area (Å²) in [5, 5.41) is 0. The maximum absolute atomic E-state index is 12.6. The normalized spacial score (nSPS) is 25.0. The molecule has 0 unspecified atom stereocenters. The van der Waals surface area contributed by atoms with Crippen LogP contribution < -0.4 is 9.46 Å². The fourth-order valence-corrected chi connectivity index (χ4v) is 7.87. The molecule has 0 radical (unpaired) electrons. The minimum Gasteiger partial charge on any atom is -0.491 e. The predicted octanol–water partition coefficient (Wildman–Crippen LogP) is 5.00. The first-order chi connectivity index (χ1) is 17.8. The predicted molar refractivity (Wildman–Crippen MR) is 152 cm³/mol. The molecule has 2 heterocycles. The van der Waals surface area contributed by atoms with Crippen molar-refractivity contribution in [3.63, 3.8) is 0 Å². The number of hydrogen-bond acceptors (Lipinski definition) is 5. The fourth-order valence-electron chi connectivity index (χ4n) is 6.02. The van der Waals surface area contributed by atoms with E-state index >= 15 is 0 Å². The van der Waals surface area contributed by atoms with E-state index in [1.54, 1.807) is 0 Å². The van der Waals surface area contributed by atoms with Gasteiger partial charge in [0, 0.05) is 23.6 Å². The molecule has 3 fully saturated rings. The minimum absolute atomic E-state index is 0.0841. The summed E-state index contributed by atoms with van der Waals surface area (Å²) in [6, 6.07) is 6.46. The third-order valence-corrected chi connectivity index (χ3v) is 10.6. The molecule has 1 N–H and O–H groups in total. The van der Waals surface area contributed by atoms with Crippen LogP contribution in [0.2, 0.25) is 0 Å². The lowest BCUT2D eigenvalue weighted by Crippen LogP contribution is -2.50. The van der Waals surface area contributed by atoms with E-state index in [9.17, 15) is 8.42 Å². The maximum Gasteiger partial charge on any atom is 0.279 e. The highest BCUT2D eigenvalue weighted by molar-refractivity contribution is 9.10. The van der Waals surface area contributed by atoms with Crippen LogP contribution >= 0.6 is 15.9 Å². The van der Waals surface area contributed by atoms with Gasteiger partial charge in [0.1, 0.15) is 5.75 Å². The second-order valence-electron chi connectivity index (χ2n) is 11.4. The van der Waals surface area contributed by atoms with E-state index in [4.69, 9.17) is 9.47 Å². The van der Waals surface area contributed by atoms with Gasteiger partial charge in [-0.2, -0.15) is 17.4 Å². The number of piperidine rings is 1. The number of likely N-dealkylation sites (tertiary alicyclic amines) is 1. The van der Waals surface area contributed by atoms with Crippen molar-refractivity contribution in [1.82, 2.24) is 13.9 Å². The summed E-state index contributed by atoms with van der Waals surface area (Å²) in [7, 11) is -3.38. The molecule has 0 aromatic heterocycles. The van der Waals surface area contributed by atoms with Crippen LogP contribution in [0.5, 0.6) is 5.75 Å². The number of rotatable bonds is 11. The lowest BCUT2D eigenvalue weighted by molar-refractivity contribution is 0.0721. The molecule has 2 saturated heterocycles. The Balaban J connectivity index is 1.10. The lowest BCUT2D eigenvalue weighted by atomic mass is 9.83. The zero-order chi connectivity index (χ0) is 26.3. The standard InChI is InChI=1S/C28H46BrN3O4S/c1-22(2)36-27-9-10-28(29)25(21-27)20-24-11-14-31(15-12-24)13-3-4-23-5-7-26(8-6-23)30-37(33,34)32-16-18-35-19-17-32/h9-10,21-24,26,30H,3-8,11-20H2,1-2H3/t23-,26-. The van der Waals surface area contributed by atoms with Crippen molar-refractivity contribution in [3.05, 3.63) is 28.2 Å². The molecule has 210 valence electrons. The average Bonchev–Trinajstić information content (AvgIpc) is 2.88. The van der Waals surface area contributed by atoms with Crippen LogP contribution in [0.15, 0.2) is 22.7 Å². The second kappa shape index (κ2) is 14.1. The Kier molecular flexibility index (Phi) is 11.1. The third-order valence-electron chi connectivity index (χ3n) is 8.16. The van der Waals surface area contributed by atoms with E-state index in [1.807, 2.05) is 6.07 Å². The summed E-state index contributed by atoms with van der Waals surface area (Å²) in [5.41, 5.74) is 1.36. The summed E-state index contributed by atoms with van der Waals surface area (Å²) >= 11 is 3.74. The van der Waals surface area contributed by atoms with Crippen LogP contribution in [0.1, 0.15) is 70.8 Å². The molecular weight excluding hydrogens is 554 g/mol. The van der Waals surface area contributed by atoms with Gasteiger partial charge < -0.3 is 14.4 Å². The zero-order valence-electron chi connectivity index (χ0n) is 22.7. The summed E-state index contributed by atoms with van der Waals surface area (Å²) < 4.78 is 42.1. The number of nitrogens with one attached hydrogen (secondary N) is 1. The highest BCUT2D eigenvalue weighted by atomic mass is 79.9. The molecule has 2 aliphatic heterocycles. The molecule has 0 bridgehead atoms. The Morgan fingerprint density at radius 3 is 2.41 bits per heavy atom. The molecule has 0 spiro atoms. The highest BCUT2D eigenvalue weighted by Gasteiger charge is 2.29. The summed E-state index contributed by atoms with van der Waals surface area (Å²) in [6.07, 6.45) is 10.5. The van der Waals surface area contributed by atoms with Crippen molar-refractivity contribution in [2.45, 2.75) is 83.8 Å². The van der Waals surface area contributed by atoms with Crippen molar-refractivity contribution in [1.29, 1.82) is 0 Å². The van der Waals surface area contributed by atoms with Gasteiger partial charge >= 0.3 is 0 Å². The minimum atomic E-state index is -3.38. The molecular formula is C28H46BrN3O4S. The van der Waals surface area contributed by atoms with E-state index in [0.29, 0.717) is 26.3 Å². The second-order valence-corrected chi connectivity index (χ2v) is 14.0. The number of halogens is 1. The van der Waals surface area contributed by atoms with E-state index in [0.717, 1.165) is 49.7 Å². The van der Waals surface area contributed by atoms with Crippen LogP contribution in [0.4, 0.5) is 0 Å². The number of hydrogen-bond donors (Lipinski definition) is 1. The monoisotopic (exact) mass is 599 g/mol. The molecule has 4 rings (SSSR count). The quantitative estimate of drug-likeness (QED) is 0.388. The molecule has 7 nitrogen and oxygen atoms in total. The summed E-state index contributed by atoms with van der Waals surface area (Å²) in [4.78, 5) is 2.64. The molecule has 1 saturated carbocycles. The average molecular weight is 601 g/mol. The smallest absolute Gasteiger partial charge is 0.279 e.